The number of imide groups is 1. The van der Waals surface area contributed by atoms with Crippen molar-refractivity contribution in [3.63, 3.8) is 0 Å². The Morgan fingerprint density at radius 1 is 1.27 bits per heavy atom. The van der Waals surface area contributed by atoms with Crippen molar-refractivity contribution in [3.8, 4) is 5.75 Å². The van der Waals surface area contributed by atoms with E-state index in [4.69, 9.17) is 0 Å². The largest absolute Gasteiger partial charge is 0.506 e. The summed E-state index contributed by atoms with van der Waals surface area (Å²) < 4.78 is 2.65. The number of nitrogens with one attached hydrogen (secondary N) is 3. The van der Waals surface area contributed by atoms with Crippen LogP contribution >= 0.6 is 22.6 Å². The Bertz CT molecular complexity index is 1230. The molecule has 4 N–H and O–H groups in total. The molecule has 30 heavy (non-hydrogen) atoms. The van der Waals surface area contributed by atoms with Crippen LogP contribution in [0.1, 0.15) is 24.8 Å². The number of fused-ring (bicyclic) bond motifs is 1. The number of hydrogen-bond acceptors (Lipinski definition) is 7. The molecule has 3 aromatic rings. The average Bonchev–Trinajstić information content (AvgIpc) is 3.34. The fourth-order valence-electron chi connectivity index (χ4n) is 3.24. The van der Waals surface area contributed by atoms with Crippen LogP contribution in [0.2, 0.25) is 0 Å². The summed E-state index contributed by atoms with van der Waals surface area (Å²) in [6, 6.07) is 7.48. The molecule has 0 spiro atoms. The van der Waals surface area contributed by atoms with Crippen molar-refractivity contribution in [3.05, 3.63) is 45.2 Å². The van der Waals surface area contributed by atoms with E-state index in [1.54, 1.807) is 22.9 Å². The Morgan fingerprint density at radius 3 is 2.83 bits per heavy atom. The van der Waals surface area contributed by atoms with Crippen LogP contribution in [0, 0.1) is 3.57 Å². The van der Waals surface area contributed by atoms with Crippen LogP contribution in [0.4, 0.5) is 17.3 Å². The summed E-state index contributed by atoms with van der Waals surface area (Å²) >= 11 is 2.17. The number of aromatic hydroxyl groups is 1. The van der Waals surface area contributed by atoms with Gasteiger partial charge in [0.25, 0.3) is 5.91 Å². The van der Waals surface area contributed by atoms with Crippen LogP contribution < -0.4 is 16.0 Å². The van der Waals surface area contributed by atoms with E-state index in [2.05, 4.69) is 48.6 Å². The van der Waals surface area contributed by atoms with Crippen molar-refractivity contribution in [1.29, 1.82) is 0 Å². The summed E-state index contributed by atoms with van der Waals surface area (Å²) in [7, 11) is 0. The number of phenolic OH excluding ortho intramolecular Hbond substituents is 1. The number of halogens is 1. The Labute approximate surface area is 184 Å². The molecule has 0 radical (unpaired) electrons. The Balaban J connectivity index is 1.59. The molecule has 0 unspecified atom stereocenters. The Morgan fingerprint density at radius 2 is 2.10 bits per heavy atom. The quantitative estimate of drug-likeness (QED) is 0.178. The molecule has 1 saturated carbocycles. The van der Waals surface area contributed by atoms with Crippen LogP contribution in [0.25, 0.3) is 11.7 Å². The molecule has 0 atom stereocenters. The van der Waals surface area contributed by atoms with Gasteiger partial charge in [-0.3, -0.25) is 14.9 Å². The minimum atomic E-state index is -0.395. The molecule has 9 nitrogen and oxygen atoms in total. The van der Waals surface area contributed by atoms with E-state index in [9.17, 15) is 14.7 Å². The zero-order valence-electron chi connectivity index (χ0n) is 15.6. The predicted molar refractivity (Wildman–Crippen MR) is 119 cm³/mol. The number of nitrogens with zero attached hydrogens (tertiary/aromatic N) is 3. The van der Waals surface area contributed by atoms with Gasteiger partial charge < -0.3 is 15.7 Å². The maximum Gasteiger partial charge on any atom is 0.254 e. The lowest BCUT2D eigenvalue weighted by molar-refractivity contribution is -0.124. The molecule has 3 heterocycles. The number of hydrogen-bond donors (Lipinski definition) is 4. The first-order chi connectivity index (χ1) is 14.5. The number of aromatic nitrogens is 3. The first-order valence-corrected chi connectivity index (χ1v) is 10.5. The molecule has 1 aliphatic heterocycles. The van der Waals surface area contributed by atoms with E-state index in [1.165, 1.54) is 0 Å². The summed E-state index contributed by atoms with van der Waals surface area (Å²) in [5.74, 6) is 0.685. The molecular weight excluding hydrogens is 499 g/mol. The summed E-state index contributed by atoms with van der Waals surface area (Å²) in [6.07, 6.45) is 5.48. The highest BCUT2D eigenvalue weighted by molar-refractivity contribution is 14.1. The standard InChI is InChI=1S/C20H17IN6O3/c21-12-1-4-15(28)14(7-12)24-16-8-17(23-13-2-3-13)27-19(25-16)11(9-22-27)5-10-6-18(29)26-20(10)30/h1,4-5,7-9,13,23,28H,2-3,6H2,(H,24,25)(H,26,29,30)/b10-5+. The lowest BCUT2D eigenvalue weighted by Crippen LogP contribution is -2.19. The smallest absolute Gasteiger partial charge is 0.254 e. The van der Waals surface area contributed by atoms with Crippen LogP contribution in [0.5, 0.6) is 5.75 Å². The van der Waals surface area contributed by atoms with Gasteiger partial charge in [0.05, 0.1) is 18.3 Å². The molecule has 2 amide bonds. The zero-order valence-corrected chi connectivity index (χ0v) is 17.8. The molecule has 1 aromatic carbocycles. The molecule has 10 heteroatoms. The SMILES string of the molecule is O=C1C/C(=C\c2cnn3c(NC4CC4)cc(Nc4cc(I)ccc4O)nc23)C(=O)N1. The number of phenols is 1. The lowest BCUT2D eigenvalue weighted by atomic mass is 10.1. The fourth-order valence-corrected chi connectivity index (χ4v) is 3.73. The minimum absolute atomic E-state index is 0.0393. The molecule has 2 aliphatic rings. The maximum absolute atomic E-state index is 11.9. The first-order valence-electron chi connectivity index (χ1n) is 9.42. The van der Waals surface area contributed by atoms with Gasteiger partial charge in [-0.15, -0.1) is 0 Å². The van der Waals surface area contributed by atoms with Crippen LogP contribution in [-0.2, 0) is 9.59 Å². The van der Waals surface area contributed by atoms with E-state index in [-0.39, 0.29) is 18.1 Å². The zero-order chi connectivity index (χ0) is 20.8. The van der Waals surface area contributed by atoms with Crippen LogP contribution in [0.3, 0.4) is 0 Å². The van der Waals surface area contributed by atoms with E-state index < -0.39 is 5.91 Å². The monoisotopic (exact) mass is 516 g/mol. The highest BCUT2D eigenvalue weighted by Crippen LogP contribution is 2.31. The summed E-state index contributed by atoms with van der Waals surface area (Å²) in [6.45, 7) is 0. The summed E-state index contributed by atoms with van der Waals surface area (Å²) in [5, 5.41) is 23.5. The molecule has 5 rings (SSSR count). The van der Waals surface area contributed by atoms with Gasteiger partial charge in [-0.25, -0.2) is 4.98 Å². The molecule has 2 fully saturated rings. The normalized spacial score (nSPS) is 17.6. The van der Waals surface area contributed by atoms with E-state index >= 15 is 0 Å². The van der Waals surface area contributed by atoms with Gasteiger partial charge in [-0.05, 0) is 59.7 Å². The van der Waals surface area contributed by atoms with Gasteiger partial charge in [-0.2, -0.15) is 9.61 Å². The number of anilines is 3. The average molecular weight is 516 g/mol. The molecule has 1 aliphatic carbocycles. The van der Waals surface area contributed by atoms with Crippen molar-refractivity contribution in [2.75, 3.05) is 10.6 Å². The highest BCUT2D eigenvalue weighted by atomic mass is 127. The van der Waals surface area contributed by atoms with Gasteiger partial charge in [-0.1, -0.05) is 0 Å². The second kappa shape index (κ2) is 7.27. The highest BCUT2D eigenvalue weighted by Gasteiger charge is 2.25. The first kappa shape index (κ1) is 18.9. The third-order valence-corrected chi connectivity index (χ3v) is 5.55. The predicted octanol–water partition coefficient (Wildman–Crippen LogP) is 2.79. The van der Waals surface area contributed by atoms with Crippen LogP contribution in [-0.4, -0.2) is 37.6 Å². The van der Waals surface area contributed by atoms with Gasteiger partial charge in [0.1, 0.15) is 17.4 Å². The topological polar surface area (TPSA) is 121 Å². The second-order valence-corrected chi connectivity index (χ2v) is 8.54. The van der Waals surface area contributed by atoms with E-state index in [1.807, 2.05) is 18.2 Å². The maximum atomic E-state index is 11.9. The van der Waals surface area contributed by atoms with Crippen molar-refractivity contribution in [1.82, 2.24) is 19.9 Å². The molecule has 2 aromatic heterocycles. The third-order valence-electron chi connectivity index (χ3n) is 4.88. The van der Waals surface area contributed by atoms with Crippen molar-refractivity contribution >= 4 is 63.5 Å². The summed E-state index contributed by atoms with van der Waals surface area (Å²) in [4.78, 5) is 28.1. The second-order valence-electron chi connectivity index (χ2n) is 7.29. The Hall–Kier alpha value is -3.15. The number of carbonyl (C=O) groups excluding carboxylic acids is 2. The van der Waals surface area contributed by atoms with Gasteiger partial charge in [0.2, 0.25) is 5.91 Å². The van der Waals surface area contributed by atoms with Gasteiger partial charge >= 0.3 is 0 Å². The molecule has 0 bridgehead atoms. The van der Waals surface area contributed by atoms with Crippen molar-refractivity contribution in [2.24, 2.45) is 0 Å². The van der Waals surface area contributed by atoms with Crippen LogP contribution in [0.15, 0.2) is 36.0 Å². The van der Waals surface area contributed by atoms with Crippen molar-refractivity contribution < 1.29 is 14.7 Å². The number of carbonyl (C=O) groups is 2. The minimum Gasteiger partial charge on any atom is -0.506 e. The Kier molecular flexibility index (Phi) is 4.57. The third kappa shape index (κ3) is 3.70. The number of rotatable bonds is 5. The molecular formula is C20H17IN6O3. The fraction of sp³-hybridized carbons (Fsp3) is 0.200. The van der Waals surface area contributed by atoms with Crippen molar-refractivity contribution in [2.45, 2.75) is 25.3 Å². The molecule has 152 valence electrons. The number of amides is 2. The van der Waals surface area contributed by atoms with Gasteiger partial charge in [0.15, 0.2) is 5.65 Å². The van der Waals surface area contributed by atoms with E-state index in [0.717, 1.165) is 22.2 Å². The lowest BCUT2D eigenvalue weighted by Gasteiger charge is -2.12. The van der Waals surface area contributed by atoms with Gasteiger partial charge in [0, 0.05) is 26.8 Å². The number of benzene rings is 1. The van der Waals surface area contributed by atoms with E-state index in [0.29, 0.717) is 34.3 Å². The summed E-state index contributed by atoms with van der Waals surface area (Å²) in [5.41, 5.74) is 2.08. The molecule has 1 saturated heterocycles.